The number of rotatable bonds is 5. The van der Waals surface area contributed by atoms with Gasteiger partial charge >= 0.3 is 0 Å². The van der Waals surface area contributed by atoms with Crippen LogP contribution >= 0.6 is 0 Å². The molecule has 1 atom stereocenters. The molecule has 2 aromatic carbocycles. The molecule has 2 rings (SSSR count). The van der Waals surface area contributed by atoms with Crippen LogP contribution in [0.25, 0.3) is 0 Å². The largest absolute Gasteiger partial charge is 0.497 e. The summed E-state index contributed by atoms with van der Waals surface area (Å²) < 4.78 is 10.4. The lowest BCUT2D eigenvalue weighted by atomic mass is 9.91. The zero-order valence-corrected chi connectivity index (χ0v) is 12.6. The first-order valence-electron chi connectivity index (χ1n) is 6.85. The summed E-state index contributed by atoms with van der Waals surface area (Å²) in [5, 5.41) is 9.45. The highest BCUT2D eigenvalue weighted by Gasteiger charge is 2.13. The highest BCUT2D eigenvalue weighted by atomic mass is 16.5. The van der Waals surface area contributed by atoms with Crippen LogP contribution in [0, 0.1) is 18.3 Å². The Morgan fingerprint density at radius 3 is 2.14 bits per heavy atom. The molecule has 0 unspecified atom stereocenters. The molecule has 0 fully saturated rings. The molecule has 0 aliphatic rings. The van der Waals surface area contributed by atoms with E-state index in [4.69, 9.17) is 9.47 Å². The summed E-state index contributed by atoms with van der Waals surface area (Å²) in [6, 6.07) is 16.0. The summed E-state index contributed by atoms with van der Waals surface area (Å²) in [6.45, 7) is 2.04. The van der Waals surface area contributed by atoms with Crippen molar-refractivity contribution in [2.24, 2.45) is 0 Å². The van der Waals surface area contributed by atoms with Crippen molar-refractivity contribution in [3.8, 4) is 17.6 Å². The van der Waals surface area contributed by atoms with Gasteiger partial charge in [-0.05, 0) is 54.3 Å². The van der Waals surface area contributed by atoms with E-state index in [1.807, 2.05) is 49.4 Å². The van der Waals surface area contributed by atoms with E-state index < -0.39 is 0 Å². The molecule has 0 bridgehead atoms. The van der Waals surface area contributed by atoms with Gasteiger partial charge in [0.25, 0.3) is 0 Å². The number of hydrogen-bond acceptors (Lipinski definition) is 3. The van der Waals surface area contributed by atoms with Gasteiger partial charge in [-0.2, -0.15) is 5.26 Å². The van der Waals surface area contributed by atoms with Crippen LogP contribution in [0.3, 0.4) is 0 Å². The molecule has 0 amide bonds. The second-order valence-corrected chi connectivity index (χ2v) is 4.95. The molecule has 0 spiro atoms. The molecule has 2 aromatic rings. The lowest BCUT2D eigenvalue weighted by molar-refractivity contribution is 0.414. The van der Waals surface area contributed by atoms with Crippen molar-refractivity contribution < 1.29 is 9.47 Å². The Morgan fingerprint density at radius 2 is 1.62 bits per heavy atom. The minimum atomic E-state index is -0.164. The molecular weight excluding hydrogens is 262 g/mol. The van der Waals surface area contributed by atoms with Gasteiger partial charge in [-0.25, -0.2) is 0 Å². The lowest BCUT2D eigenvalue weighted by Gasteiger charge is -2.13. The van der Waals surface area contributed by atoms with Gasteiger partial charge in [0, 0.05) is 0 Å². The molecule has 0 saturated carbocycles. The van der Waals surface area contributed by atoms with E-state index in [1.165, 1.54) is 0 Å². The Morgan fingerprint density at radius 1 is 1.00 bits per heavy atom. The normalized spacial score (nSPS) is 11.5. The fourth-order valence-corrected chi connectivity index (χ4v) is 2.32. The van der Waals surface area contributed by atoms with E-state index in [0.29, 0.717) is 6.42 Å². The average molecular weight is 281 g/mol. The molecule has 0 saturated heterocycles. The number of ether oxygens (including phenoxy) is 2. The van der Waals surface area contributed by atoms with Gasteiger partial charge in [0.15, 0.2) is 0 Å². The Hall–Kier alpha value is -2.47. The Bertz CT molecular complexity index is 641. The van der Waals surface area contributed by atoms with E-state index in [2.05, 4.69) is 6.07 Å². The molecule has 108 valence electrons. The maximum absolute atomic E-state index is 9.45. The minimum absolute atomic E-state index is 0.164. The zero-order chi connectivity index (χ0) is 15.2. The second kappa shape index (κ2) is 6.81. The van der Waals surface area contributed by atoms with Gasteiger partial charge in [0.05, 0.1) is 26.2 Å². The van der Waals surface area contributed by atoms with Crippen molar-refractivity contribution >= 4 is 0 Å². The molecule has 3 heteroatoms. The summed E-state index contributed by atoms with van der Waals surface area (Å²) in [5.41, 5.74) is 3.31. The fourth-order valence-electron chi connectivity index (χ4n) is 2.32. The van der Waals surface area contributed by atoms with Gasteiger partial charge in [-0.1, -0.05) is 18.2 Å². The van der Waals surface area contributed by atoms with Crippen LogP contribution in [0.5, 0.6) is 11.5 Å². The van der Waals surface area contributed by atoms with Crippen molar-refractivity contribution in [3.05, 3.63) is 59.2 Å². The van der Waals surface area contributed by atoms with E-state index in [1.54, 1.807) is 14.2 Å². The number of aryl methyl sites for hydroxylation is 1. The van der Waals surface area contributed by atoms with Crippen molar-refractivity contribution in [2.45, 2.75) is 19.3 Å². The maximum atomic E-state index is 9.45. The van der Waals surface area contributed by atoms with E-state index in [0.717, 1.165) is 28.2 Å². The number of nitriles is 1. The van der Waals surface area contributed by atoms with Crippen LogP contribution < -0.4 is 9.47 Å². The number of nitrogens with zero attached hydrogens (tertiary/aromatic N) is 1. The standard InChI is InChI=1S/C18H19NO2/c1-13-10-18(21-3)9-6-15(13)11-16(12-19)14-4-7-17(20-2)8-5-14/h4-10,16H,11H2,1-3H3/t16-/m1/s1. The summed E-state index contributed by atoms with van der Waals surface area (Å²) >= 11 is 0. The first kappa shape index (κ1) is 14.9. The second-order valence-electron chi connectivity index (χ2n) is 4.95. The smallest absolute Gasteiger partial charge is 0.119 e. The van der Waals surface area contributed by atoms with E-state index in [-0.39, 0.29) is 5.92 Å². The molecular formula is C18H19NO2. The van der Waals surface area contributed by atoms with Gasteiger partial charge in [0.2, 0.25) is 0 Å². The van der Waals surface area contributed by atoms with E-state index in [9.17, 15) is 5.26 Å². The monoisotopic (exact) mass is 281 g/mol. The third-order valence-corrected chi connectivity index (χ3v) is 3.65. The van der Waals surface area contributed by atoms with Crippen molar-refractivity contribution in [3.63, 3.8) is 0 Å². The summed E-state index contributed by atoms with van der Waals surface area (Å²) in [7, 11) is 3.29. The number of hydrogen-bond donors (Lipinski definition) is 0. The van der Waals surface area contributed by atoms with Crippen LogP contribution in [-0.2, 0) is 6.42 Å². The SMILES string of the molecule is COc1ccc([C@@H](C#N)Cc2ccc(OC)cc2C)cc1. The summed E-state index contributed by atoms with van der Waals surface area (Å²) in [5.74, 6) is 1.48. The van der Waals surface area contributed by atoms with Crippen LogP contribution in [0.1, 0.15) is 22.6 Å². The van der Waals surface area contributed by atoms with E-state index >= 15 is 0 Å². The van der Waals surface area contributed by atoms with Gasteiger partial charge < -0.3 is 9.47 Å². The fraction of sp³-hybridized carbons (Fsp3) is 0.278. The molecule has 0 heterocycles. The van der Waals surface area contributed by atoms with Crippen molar-refractivity contribution in [1.29, 1.82) is 5.26 Å². The first-order valence-corrected chi connectivity index (χ1v) is 6.85. The topological polar surface area (TPSA) is 42.2 Å². The van der Waals surface area contributed by atoms with Crippen LogP contribution in [0.4, 0.5) is 0 Å². The maximum Gasteiger partial charge on any atom is 0.119 e. The minimum Gasteiger partial charge on any atom is -0.497 e. The van der Waals surface area contributed by atoms with Gasteiger partial charge in [-0.3, -0.25) is 0 Å². The van der Waals surface area contributed by atoms with Crippen molar-refractivity contribution in [1.82, 2.24) is 0 Å². The quantitative estimate of drug-likeness (QED) is 0.835. The van der Waals surface area contributed by atoms with Gasteiger partial charge in [-0.15, -0.1) is 0 Å². The molecule has 0 aromatic heterocycles. The van der Waals surface area contributed by atoms with Crippen LogP contribution in [0.15, 0.2) is 42.5 Å². The molecule has 0 aliphatic carbocycles. The highest BCUT2D eigenvalue weighted by molar-refractivity contribution is 5.38. The zero-order valence-electron chi connectivity index (χ0n) is 12.6. The Labute approximate surface area is 125 Å². The average Bonchev–Trinajstić information content (AvgIpc) is 2.54. The summed E-state index contributed by atoms with van der Waals surface area (Å²) in [6.07, 6.45) is 0.693. The number of methoxy groups -OCH3 is 2. The molecule has 0 N–H and O–H groups in total. The van der Waals surface area contributed by atoms with Crippen molar-refractivity contribution in [2.75, 3.05) is 14.2 Å². The van der Waals surface area contributed by atoms with Crippen LogP contribution in [0.2, 0.25) is 0 Å². The Kier molecular flexibility index (Phi) is 4.84. The predicted molar refractivity (Wildman–Crippen MR) is 82.8 cm³/mol. The third kappa shape index (κ3) is 3.55. The van der Waals surface area contributed by atoms with Crippen LogP contribution in [-0.4, -0.2) is 14.2 Å². The number of benzene rings is 2. The Balaban J connectivity index is 2.20. The highest BCUT2D eigenvalue weighted by Crippen LogP contribution is 2.25. The first-order chi connectivity index (χ1) is 10.2. The van der Waals surface area contributed by atoms with Gasteiger partial charge in [0.1, 0.15) is 11.5 Å². The lowest BCUT2D eigenvalue weighted by Crippen LogP contribution is -2.02. The summed E-state index contributed by atoms with van der Waals surface area (Å²) in [4.78, 5) is 0. The third-order valence-electron chi connectivity index (χ3n) is 3.65. The molecule has 0 aliphatic heterocycles. The molecule has 0 radical (unpaired) electrons. The molecule has 3 nitrogen and oxygen atoms in total. The molecule has 21 heavy (non-hydrogen) atoms. The predicted octanol–water partition coefficient (Wildman–Crippen LogP) is 3.86.